The summed E-state index contributed by atoms with van der Waals surface area (Å²) in [5.41, 5.74) is 1.31. The summed E-state index contributed by atoms with van der Waals surface area (Å²) in [6.45, 7) is 6.51. The highest BCUT2D eigenvalue weighted by molar-refractivity contribution is 7.89. The molecule has 194 valence electrons. The summed E-state index contributed by atoms with van der Waals surface area (Å²) in [5.74, 6) is -1.11. The second-order valence-corrected chi connectivity index (χ2v) is 12.0. The SMILES string of the molecule is COC(=O)c1c(NC(=O)c2ccc(S(=O)(=O)N3C[C@H](C)O[C@@H](C)C3)cc2)sc2c1CCN(C(C)=O)C2. The zero-order valence-electron chi connectivity index (χ0n) is 20.6. The number of benzene rings is 1. The summed E-state index contributed by atoms with van der Waals surface area (Å²) in [6.07, 6.45) is 0.0605. The summed E-state index contributed by atoms with van der Waals surface area (Å²) >= 11 is 1.24. The number of methoxy groups -OCH3 is 1. The molecule has 4 rings (SSSR count). The first-order valence-corrected chi connectivity index (χ1v) is 13.8. The smallest absolute Gasteiger partial charge is 0.341 e. The molecule has 10 nitrogen and oxygen atoms in total. The van der Waals surface area contributed by atoms with Crippen LogP contribution in [0.3, 0.4) is 0 Å². The normalized spacial score (nSPS) is 20.5. The number of esters is 1. The highest BCUT2D eigenvalue weighted by Gasteiger charge is 2.33. The van der Waals surface area contributed by atoms with Gasteiger partial charge in [0.25, 0.3) is 5.91 Å². The number of thiophene rings is 1. The quantitative estimate of drug-likeness (QED) is 0.584. The Labute approximate surface area is 214 Å². The van der Waals surface area contributed by atoms with Gasteiger partial charge in [-0.1, -0.05) is 0 Å². The van der Waals surface area contributed by atoms with E-state index in [2.05, 4.69) is 5.32 Å². The molecule has 3 heterocycles. The Balaban J connectivity index is 1.55. The number of morpholine rings is 1. The molecule has 1 N–H and O–H groups in total. The van der Waals surface area contributed by atoms with Crippen LogP contribution in [0.15, 0.2) is 29.2 Å². The molecule has 0 bridgehead atoms. The fourth-order valence-corrected chi connectivity index (χ4v) is 7.34. The van der Waals surface area contributed by atoms with E-state index in [1.165, 1.54) is 53.9 Å². The van der Waals surface area contributed by atoms with Crippen molar-refractivity contribution in [3.8, 4) is 0 Å². The van der Waals surface area contributed by atoms with Crippen LogP contribution in [-0.4, -0.2) is 74.4 Å². The first kappa shape index (κ1) is 26.3. The molecule has 0 aliphatic carbocycles. The first-order chi connectivity index (χ1) is 17.0. The summed E-state index contributed by atoms with van der Waals surface area (Å²) in [6, 6.07) is 5.69. The number of carbonyl (C=O) groups excluding carboxylic acids is 3. The van der Waals surface area contributed by atoms with Gasteiger partial charge in [-0.15, -0.1) is 11.3 Å². The minimum atomic E-state index is -3.73. The van der Waals surface area contributed by atoms with Crippen molar-refractivity contribution < 1.29 is 32.3 Å². The van der Waals surface area contributed by atoms with E-state index in [1.54, 1.807) is 4.90 Å². The maximum atomic E-state index is 13.1. The van der Waals surface area contributed by atoms with Crippen molar-refractivity contribution in [1.82, 2.24) is 9.21 Å². The average molecular weight is 536 g/mol. The number of hydrogen-bond acceptors (Lipinski definition) is 8. The summed E-state index contributed by atoms with van der Waals surface area (Å²) in [5, 5.41) is 3.12. The molecule has 1 aromatic carbocycles. The van der Waals surface area contributed by atoms with Crippen LogP contribution < -0.4 is 5.32 Å². The Kier molecular flexibility index (Phi) is 7.51. The summed E-state index contributed by atoms with van der Waals surface area (Å²) in [4.78, 5) is 39.9. The summed E-state index contributed by atoms with van der Waals surface area (Å²) < 4.78 is 38.1. The molecule has 2 atom stereocenters. The first-order valence-electron chi connectivity index (χ1n) is 11.6. The third-order valence-corrected chi connectivity index (χ3v) is 9.24. The van der Waals surface area contributed by atoms with Crippen LogP contribution in [0, 0.1) is 0 Å². The molecule has 0 spiro atoms. The molecule has 0 unspecified atom stereocenters. The number of anilines is 1. The van der Waals surface area contributed by atoms with Gasteiger partial charge in [-0.25, -0.2) is 13.2 Å². The third-order valence-electron chi connectivity index (χ3n) is 6.26. The van der Waals surface area contributed by atoms with Gasteiger partial charge in [0.15, 0.2) is 0 Å². The predicted octanol–water partition coefficient (Wildman–Crippen LogP) is 2.49. The standard InChI is InChI=1S/C24H29N3O7S2/c1-14-11-27(12-15(2)34-14)36(31,32)18-7-5-17(6-8-18)22(29)25-23-21(24(30)33-4)19-9-10-26(16(3)28)13-20(19)35-23/h5-8,14-15H,9-13H2,1-4H3,(H,25,29)/t14-,15-/m0/s1. The highest BCUT2D eigenvalue weighted by Crippen LogP contribution is 2.38. The fraction of sp³-hybridized carbons (Fsp3) is 0.458. The van der Waals surface area contributed by atoms with Crippen molar-refractivity contribution in [3.63, 3.8) is 0 Å². The van der Waals surface area contributed by atoms with Crippen LogP contribution in [0.25, 0.3) is 0 Å². The van der Waals surface area contributed by atoms with Crippen molar-refractivity contribution in [1.29, 1.82) is 0 Å². The van der Waals surface area contributed by atoms with E-state index >= 15 is 0 Å². The molecule has 1 fully saturated rings. The molecule has 2 aliphatic rings. The molecule has 2 aliphatic heterocycles. The monoisotopic (exact) mass is 535 g/mol. The van der Waals surface area contributed by atoms with E-state index in [1.807, 2.05) is 13.8 Å². The topological polar surface area (TPSA) is 122 Å². The fourth-order valence-electron chi connectivity index (χ4n) is 4.51. The molecule has 0 radical (unpaired) electrons. The van der Waals surface area contributed by atoms with Gasteiger partial charge in [0, 0.05) is 37.0 Å². The molecule has 2 aromatic rings. The van der Waals surface area contributed by atoms with Crippen molar-refractivity contribution in [2.24, 2.45) is 0 Å². The van der Waals surface area contributed by atoms with E-state index < -0.39 is 21.9 Å². The number of nitrogens with zero attached hydrogens (tertiary/aromatic N) is 2. The summed E-state index contributed by atoms with van der Waals surface area (Å²) in [7, 11) is -2.46. The number of nitrogens with one attached hydrogen (secondary N) is 1. The molecular weight excluding hydrogens is 506 g/mol. The minimum Gasteiger partial charge on any atom is -0.465 e. The van der Waals surface area contributed by atoms with Gasteiger partial charge in [0.05, 0.1) is 36.3 Å². The number of fused-ring (bicyclic) bond motifs is 1. The van der Waals surface area contributed by atoms with Gasteiger partial charge in [-0.3, -0.25) is 9.59 Å². The zero-order chi connectivity index (χ0) is 26.2. The van der Waals surface area contributed by atoms with Crippen LogP contribution >= 0.6 is 11.3 Å². The third kappa shape index (κ3) is 5.17. The highest BCUT2D eigenvalue weighted by atomic mass is 32.2. The Morgan fingerprint density at radius 3 is 2.33 bits per heavy atom. The molecular formula is C24H29N3O7S2. The second kappa shape index (κ2) is 10.3. The van der Waals surface area contributed by atoms with Gasteiger partial charge in [-0.05, 0) is 50.1 Å². The molecule has 12 heteroatoms. The molecule has 1 saturated heterocycles. The van der Waals surface area contributed by atoms with E-state index in [0.29, 0.717) is 30.1 Å². The number of rotatable bonds is 5. The van der Waals surface area contributed by atoms with Crippen molar-refractivity contribution in [2.45, 2.75) is 50.8 Å². The van der Waals surface area contributed by atoms with E-state index in [0.717, 1.165) is 10.4 Å². The average Bonchev–Trinajstić information content (AvgIpc) is 3.19. The Morgan fingerprint density at radius 1 is 1.11 bits per heavy atom. The van der Waals surface area contributed by atoms with E-state index in [9.17, 15) is 22.8 Å². The zero-order valence-corrected chi connectivity index (χ0v) is 22.2. The molecule has 1 aromatic heterocycles. The largest absolute Gasteiger partial charge is 0.465 e. The number of ether oxygens (including phenoxy) is 2. The van der Waals surface area contributed by atoms with Crippen LogP contribution in [0.5, 0.6) is 0 Å². The number of amides is 2. The predicted molar refractivity (Wildman–Crippen MR) is 134 cm³/mol. The van der Waals surface area contributed by atoms with Gasteiger partial charge < -0.3 is 19.7 Å². The van der Waals surface area contributed by atoms with Crippen molar-refractivity contribution in [3.05, 3.63) is 45.8 Å². The van der Waals surface area contributed by atoms with Crippen LogP contribution in [0.2, 0.25) is 0 Å². The van der Waals surface area contributed by atoms with Gasteiger partial charge in [-0.2, -0.15) is 4.31 Å². The van der Waals surface area contributed by atoms with Crippen LogP contribution in [0.4, 0.5) is 5.00 Å². The molecule has 36 heavy (non-hydrogen) atoms. The Morgan fingerprint density at radius 2 is 1.75 bits per heavy atom. The van der Waals surface area contributed by atoms with Crippen LogP contribution in [0.1, 0.15) is 51.9 Å². The lowest BCUT2D eigenvalue weighted by Gasteiger charge is -2.34. The minimum absolute atomic E-state index is 0.0599. The van der Waals surface area contributed by atoms with Crippen LogP contribution in [-0.2, 0) is 37.3 Å². The van der Waals surface area contributed by atoms with Crippen molar-refractivity contribution >= 4 is 44.1 Å². The van der Waals surface area contributed by atoms with Crippen molar-refractivity contribution in [2.75, 3.05) is 32.1 Å². The maximum Gasteiger partial charge on any atom is 0.341 e. The van der Waals surface area contributed by atoms with Gasteiger partial charge >= 0.3 is 5.97 Å². The Bertz CT molecular complexity index is 1280. The number of sulfonamides is 1. The number of carbonyl (C=O) groups is 3. The lowest BCUT2D eigenvalue weighted by molar-refractivity contribution is -0.129. The lowest BCUT2D eigenvalue weighted by Crippen LogP contribution is -2.48. The molecule has 2 amide bonds. The molecule has 0 saturated carbocycles. The van der Waals surface area contributed by atoms with Gasteiger partial charge in [0.1, 0.15) is 5.00 Å². The Hall–Kier alpha value is -2.80. The second-order valence-electron chi connectivity index (χ2n) is 8.95. The van der Waals surface area contributed by atoms with E-state index in [4.69, 9.17) is 9.47 Å². The number of hydrogen-bond donors (Lipinski definition) is 1. The van der Waals surface area contributed by atoms with Gasteiger partial charge in [0.2, 0.25) is 15.9 Å². The maximum absolute atomic E-state index is 13.1. The van der Waals surface area contributed by atoms with E-state index in [-0.39, 0.29) is 41.7 Å². The lowest BCUT2D eigenvalue weighted by atomic mass is 10.0.